The predicted octanol–water partition coefficient (Wildman–Crippen LogP) is 4.32. The van der Waals surface area contributed by atoms with Crippen molar-refractivity contribution in [1.82, 2.24) is 0 Å². The van der Waals surface area contributed by atoms with E-state index in [1.54, 1.807) is 30.3 Å². The van der Waals surface area contributed by atoms with Gasteiger partial charge >= 0.3 is 0 Å². The molecule has 0 spiro atoms. The van der Waals surface area contributed by atoms with E-state index in [9.17, 15) is 9.59 Å². The van der Waals surface area contributed by atoms with Crippen LogP contribution >= 0.6 is 0 Å². The second kappa shape index (κ2) is 9.55. The molecule has 4 rings (SSSR count). The predicted molar refractivity (Wildman–Crippen MR) is 111 cm³/mol. The van der Waals surface area contributed by atoms with Crippen molar-refractivity contribution in [3.8, 4) is 11.5 Å². The first-order valence-corrected chi connectivity index (χ1v) is 9.37. The number of Topliss-reactive ketones (excluding diaryl/α,β-unsaturated/α-hetero) is 1. The first-order chi connectivity index (χ1) is 14.1. The van der Waals surface area contributed by atoms with Gasteiger partial charge in [-0.3, -0.25) is 9.59 Å². The molecule has 0 aromatic heterocycles. The fourth-order valence-corrected chi connectivity index (χ4v) is 2.95. The summed E-state index contributed by atoms with van der Waals surface area (Å²) >= 11 is 0. The molecular formula is C24H23NO4. The third-order valence-corrected chi connectivity index (χ3v) is 4.53. The zero-order valence-electron chi connectivity index (χ0n) is 16.3. The Bertz CT molecular complexity index is 985. The molecule has 0 unspecified atom stereocenters. The molecule has 148 valence electrons. The van der Waals surface area contributed by atoms with Crippen LogP contribution in [0.5, 0.6) is 11.5 Å². The number of primary amides is 1. The highest BCUT2D eigenvalue weighted by molar-refractivity contribution is 6.00. The van der Waals surface area contributed by atoms with Crippen molar-refractivity contribution in [3.05, 3.63) is 95.1 Å². The summed E-state index contributed by atoms with van der Waals surface area (Å²) in [6.07, 6.45) is 0.455. The van der Waals surface area contributed by atoms with Gasteiger partial charge in [0.15, 0.2) is 5.78 Å². The minimum atomic E-state index is -0.379. The summed E-state index contributed by atoms with van der Waals surface area (Å²) in [5, 5.41) is 0. The van der Waals surface area contributed by atoms with Gasteiger partial charge < -0.3 is 15.2 Å². The lowest BCUT2D eigenvalue weighted by atomic mass is 10.0. The molecule has 0 saturated heterocycles. The second-order valence-corrected chi connectivity index (χ2v) is 6.59. The lowest BCUT2D eigenvalue weighted by Gasteiger charge is -2.20. The zero-order valence-corrected chi connectivity index (χ0v) is 16.3. The van der Waals surface area contributed by atoms with E-state index in [0.29, 0.717) is 36.5 Å². The van der Waals surface area contributed by atoms with Crippen molar-refractivity contribution < 1.29 is 19.1 Å². The Labute approximate surface area is 170 Å². The Kier molecular flexibility index (Phi) is 6.63. The lowest BCUT2D eigenvalue weighted by Crippen LogP contribution is -2.16. The normalized spacial score (nSPS) is 12.1. The monoisotopic (exact) mass is 389 g/mol. The second-order valence-electron chi connectivity index (χ2n) is 6.59. The summed E-state index contributed by atoms with van der Waals surface area (Å²) in [7, 11) is 0. The average Bonchev–Trinajstić information content (AvgIpc) is 2.76. The molecule has 1 amide bonds. The summed E-state index contributed by atoms with van der Waals surface area (Å²) in [5.41, 5.74) is 8.20. The van der Waals surface area contributed by atoms with Gasteiger partial charge in [0.2, 0.25) is 5.91 Å². The van der Waals surface area contributed by atoms with Crippen LogP contribution in [0, 0.1) is 6.92 Å². The SMILES string of the molecule is Cc1c(OCc2ccccc2)ccc2c1OCCC2=O.NC(=O)c1ccccc1. The zero-order chi connectivity index (χ0) is 20.6. The molecule has 0 saturated carbocycles. The molecule has 5 heteroatoms. The Balaban J connectivity index is 0.000000224. The number of amides is 1. The molecule has 1 heterocycles. The Hall–Kier alpha value is -3.60. The van der Waals surface area contributed by atoms with E-state index >= 15 is 0 Å². The fourth-order valence-electron chi connectivity index (χ4n) is 2.95. The van der Waals surface area contributed by atoms with E-state index < -0.39 is 0 Å². The Morgan fingerprint density at radius 3 is 2.28 bits per heavy atom. The number of ether oxygens (including phenoxy) is 2. The molecule has 1 aliphatic heterocycles. The number of carbonyl (C=O) groups excluding carboxylic acids is 2. The van der Waals surface area contributed by atoms with Gasteiger partial charge in [-0.2, -0.15) is 0 Å². The van der Waals surface area contributed by atoms with Crippen molar-refractivity contribution in [2.24, 2.45) is 5.73 Å². The molecule has 3 aromatic carbocycles. The van der Waals surface area contributed by atoms with Crippen molar-refractivity contribution in [2.45, 2.75) is 20.0 Å². The van der Waals surface area contributed by atoms with Crippen LogP contribution in [0.4, 0.5) is 0 Å². The number of rotatable bonds is 4. The summed E-state index contributed by atoms with van der Waals surface area (Å²) in [6, 6.07) is 22.4. The molecule has 3 aromatic rings. The van der Waals surface area contributed by atoms with Crippen LogP contribution < -0.4 is 15.2 Å². The van der Waals surface area contributed by atoms with Crippen LogP contribution in [0.3, 0.4) is 0 Å². The highest BCUT2D eigenvalue weighted by Gasteiger charge is 2.22. The summed E-state index contributed by atoms with van der Waals surface area (Å²) in [4.78, 5) is 22.2. The van der Waals surface area contributed by atoms with E-state index in [4.69, 9.17) is 15.2 Å². The van der Waals surface area contributed by atoms with Crippen molar-refractivity contribution >= 4 is 11.7 Å². The average molecular weight is 389 g/mol. The summed E-state index contributed by atoms with van der Waals surface area (Å²) in [6.45, 7) is 2.89. The van der Waals surface area contributed by atoms with E-state index in [-0.39, 0.29) is 11.7 Å². The van der Waals surface area contributed by atoms with Crippen LogP contribution in [-0.2, 0) is 6.61 Å². The number of hydrogen-bond acceptors (Lipinski definition) is 4. The van der Waals surface area contributed by atoms with Gasteiger partial charge in [-0.25, -0.2) is 0 Å². The molecule has 2 N–H and O–H groups in total. The molecule has 0 atom stereocenters. The van der Waals surface area contributed by atoms with Crippen molar-refractivity contribution in [1.29, 1.82) is 0 Å². The van der Waals surface area contributed by atoms with Gasteiger partial charge in [0, 0.05) is 17.5 Å². The number of ketones is 1. The summed E-state index contributed by atoms with van der Waals surface area (Å²) in [5.74, 6) is 1.20. The number of nitrogens with two attached hydrogens (primary N) is 1. The van der Waals surface area contributed by atoms with Crippen molar-refractivity contribution in [2.75, 3.05) is 6.61 Å². The van der Waals surface area contributed by atoms with Gasteiger partial charge in [-0.05, 0) is 36.8 Å². The van der Waals surface area contributed by atoms with Crippen LogP contribution in [0.1, 0.15) is 38.3 Å². The first kappa shape index (κ1) is 20.1. The molecular weight excluding hydrogens is 366 g/mol. The Morgan fingerprint density at radius 2 is 1.66 bits per heavy atom. The van der Waals surface area contributed by atoms with Gasteiger partial charge in [0.25, 0.3) is 0 Å². The minimum absolute atomic E-state index is 0.143. The third-order valence-electron chi connectivity index (χ3n) is 4.53. The van der Waals surface area contributed by atoms with E-state index in [1.165, 1.54) is 0 Å². The van der Waals surface area contributed by atoms with E-state index in [1.807, 2.05) is 49.4 Å². The van der Waals surface area contributed by atoms with Crippen molar-refractivity contribution in [3.63, 3.8) is 0 Å². The van der Waals surface area contributed by atoms with E-state index in [2.05, 4.69) is 0 Å². The molecule has 0 radical (unpaired) electrons. The molecule has 0 fully saturated rings. The molecule has 0 aliphatic carbocycles. The minimum Gasteiger partial charge on any atom is -0.492 e. The van der Waals surface area contributed by atoms with Gasteiger partial charge in [-0.15, -0.1) is 0 Å². The largest absolute Gasteiger partial charge is 0.492 e. The number of fused-ring (bicyclic) bond motifs is 1. The topological polar surface area (TPSA) is 78.6 Å². The fraction of sp³-hybridized carbons (Fsp3) is 0.167. The van der Waals surface area contributed by atoms with E-state index in [0.717, 1.165) is 16.9 Å². The van der Waals surface area contributed by atoms with Crippen LogP contribution in [-0.4, -0.2) is 18.3 Å². The highest BCUT2D eigenvalue weighted by Crippen LogP contribution is 2.35. The molecule has 0 bridgehead atoms. The number of hydrogen-bond donors (Lipinski definition) is 1. The van der Waals surface area contributed by atoms with Gasteiger partial charge in [0.05, 0.1) is 12.2 Å². The smallest absolute Gasteiger partial charge is 0.248 e. The number of carbonyl (C=O) groups is 2. The van der Waals surface area contributed by atoms with Gasteiger partial charge in [0.1, 0.15) is 18.1 Å². The maximum absolute atomic E-state index is 11.8. The highest BCUT2D eigenvalue weighted by atomic mass is 16.5. The molecule has 5 nitrogen and oxygen atoms in total. The Morgan fingerprint density at radius 1 is 1.00 bits per heavy atom. The molecule has 1 aliphatic rings. The standard InChI is InChI=1S/C17H16O3.C7H7NO/c1-12-16(20-11-13-5-3-2-4-6-13)8-7-14-15(18)9-10-19-17(12)14;8-7(9)6-4-2-1-3-5-6/h2-8H,9-11H2,1H3;1-5H,(H2,8,9). The number of benzene rings is 3. The first-order valence-electron chi connectivity index (χ1n) is 9.37. The quantitative estimate of drug-likeness (QED) is 0.721. The van der Waals surface area contributed by atoms with Gasteiger partial charge in [-0.1, -0.05) is 48.5 Å². The summed E-state index contributed by atoms with van der Waals surface area (Å²) < 4.78 is 11.4. The van der Waals surface area contributed by atoms with Crippen LogP contribution in [0.2, 0.25) is 0 Å². The third kappa shape index (κ3) is 5.23. The van der Waals surface area contributed by atoms with Crippen LogP contribution in [0.15, 0.2) is 72.8 Å². The maximum atomic E-state index is 11.8. The maximum Gasteiger partial charge on any atom is 0.248 e. The molecule has 29 heavy (non-hydrogen) atoms. The van der Waals surface area contributed by atoms with Crippen LogP contribution in [0.25, 0.3) is 0 Å². The lowest BCUT2D eigenvalue weighted by molar-refractivity contribution is 0.0931.